The molecule has 0 radical (unpaired) electrons. The van der Waals surface area contributed by atoms with Gasteiger partial charge in [0.05, 0.1) is 28.9 Å². The Morgan fingerprint density at radius 3 is 2.19 bits per heavy atom. The first-order chi connectivity index (χ1) is 12.5. The predicted molar refractivity (Wildman–Crippen MR) is 106 cm³/mol. The minimum Gasteiger partial charge on any atom is -0.494 e. The summed E-state index contributed by atoms with van der Waals surface area (Å²) in [6.45, 7) is 3.83. The van der Waals surface area contributed by atoms with E-state index in [9.17, 15) is 4.79 Å². The highest BCUT2D eigenvalue weighted by Crippen LogP contribution is 2.29. The molecule has 0 aliphatic rings. The van der Waals surface area contributed by atoms with E-state index in [1.807, 2.05) is 43.1 Å². The zero-order valence-electron chi connectivity index (χ0n) is 14.8. The van der Waals surface area contributed by atoms with Crippen molar-refractivity contribution < 1.29 is 14.3 Å². The zero-order valence-corrected chi connectivity index (χ0v) is 16.3. The van der Waals surface area contributed by atoms with Gasteiger partial charge in [0.15, 0.2) is 0 Å². The van der Waals surface area contributed by atoms with E-state index in [1.54, 1.807) is 18.2 Å². The molecular weight excluding hydrogens is 375 g/mol. The van der Waals surface area contributed by atoms with Crippen molar-refractivity contribution in [2.75, 3.05) is 38.7 Å². The fourth-order valence-corrected chi connectivity index (χ4v) is 2.73. The van der Waals surface area contributed by atoms with Crippen LogP contribution in [0.25, 0.3) is 0 Å². The molecule has 0 aromatic heterocycles. The number of hydrogen-bond acceptors (Lipinski definition) is 4. The van der Waals surface area contributed by atoms with Gasteiger partial charge in [-0.2, -0.15) is 0 Å². The molecule has 0 saturated carbocycles. The van der Waals surface area contributed by atoms with Gasteiger partial charge in [-0.25, -0.2) is 0 Å². The number of amides is 1. The lowest BCUT2D eigenvalue weighted by Crippen LogP contribution is -2.33. The average molecular weight is 397 g/mol. The number of rotatable bonds is 9. The summed E-state index contributed by atoms with van der Waals surface area (Å²) in [6.07, 6.45) is 0. The fraction of sp³-hybridized carbons (Fsp3) is 0.316. The first-order valence-electron chi connectivity index (χ1n) is 8.27. The van der Waals surface area contributed by atoms with Crippen LogP contribution in [0.15, 0.2) is 42.5 Å². The van der Waals surface area contributed by atoms with Gasteiger partial charge < -0.3 is 14.8 Å². The van der Waals surface area contributed by atoms with Crippen molar-refractivity contribution in [3.8, 4) is 11.5 Å². The second-order valence-electron chi connectivity index (χ2n) is 5.64. The van der Waals surface area contributed by atoms with Gasteiger partial charge in [0.2, 0.25) is 5.91 Å². The second kappa shape index (κ2) is 10.3. The fourth-order valence-electron chi connectivity index (χ4n) is 2.24. The number of nitrogens with one attached hydrogen (secondary N) is 1. The van der Waals surface area contributed by atoms with Crippen LogP contribution in [-0.4, -0.2) is 44.2 Å². The lowest BCUT2D eigenvalue weighted by Gasteiger charge is -2.17. The van der Waals surface area contributed by atoms with Crippen LogP contribution in [-0.2, 0) is 4.79 Å². The van der Waals surface area contributed by atoms with E-state index in [2.05, 4.69) is 5.32 Å². The van der Waals surface area contributed by atoms with E-state index in [-0.39, 0.29) is 12.5 Å². The molecule has 0 bridgehead atoms. The molecule has 0 atom stereocenters. The number of carbonyl (C=O) groups excluding carboxylic acids is 1. The monoisotopic (exact) mass is 396 g/mol. The highest BCUT2D eigenvalue weighted by atomic mass is 35.5. The van der Waals surface area contributed by atoms with Crippen molar-refractivity contribution >= 4 is 34.8 Å². The number of carbonyl (C=O) groups is 1. The second-order valence-corrected chi connectivity index (χ2v) is 6.45. The Kier molecular flexibility index (Phi) is 8.04. The molecule has 140 valence electrons. The summed E-state index contributed by atoms with van der Waals surface area (Å²) in [6, 6.07) is 12.5. The molecule has 5 nitrogen and oxygen atoms in total. The van der Waals surface area contributed by atoms with Gasteiger partial charge in [-0.05, 0) is 50.4 Å². The first kappa shape index (κ1) is 20.4. The van der Waals surface area contributed by atoms with Gasteiger partial charge in [-0.15, -0.1) is 0 Å². The quantitative estimate of drug-likeness (QED) is 0.684. The Balaban J connectivity index is 1.74. The summed E-state index contributed by atoms with van der Waals surface area (Å²) in [5.41, 5.74) is 0.430. The summed E-state index contributed by atoms with van der Waals surface area (Å²) in [4.78, 5) is 14.0. The molecule has 2 aromatic rings. The number of nitrogens with zero attached hydrogens (tertiary/aromatic N) is 1. The molecule has 2 rings (SSSR count). The predicted octanol–water partition coefficient (Wildman–Crippen LogP) is 4.34. The van der Waals surface area contributed by atoms with Crippen molar-refractivity contribution in [1.29, 1.82) is 0 Å². The molecule has 0 spiro atoms. The van der Waals surface area contributed by atoms with Crippen LogP contribution in [0.5, 0.6) is 11.5 Å². The van der Waals surface area contributed by atoms with Crippen LogP contribution >= 0.6 is 23.2 Å². The third-order valence-electron chi connectivity index (χ3n) is 3.52. The van der Waals surface area contributed by atoms with Gasteiger partial charge in [0, 0.05) is 6.54 Å². The summed E-state index contributed by atoms with van der Waals surface area (Å²) in [7, 11) is 1.84. The number of ether oxygens (including phenoxy) is 2. The van der Waals surface area contributed by atoms with Crippen LogP contribution in [0.4, 0.5) is 5.69 Å². The molecular formula is C19H22Cl2N2O3. The van der Waals surface area contributed by atoms with Gasteiger partial charge in [-0.1, -0.05) is 29.3 Å². The van der Waals surface area contributed by atoms with E-state index >= 15 is 0 Å². The Bertz CT molecular complexity index is 703. The van der Waals surface area contributed by atoms with E-state index in [1.165, 1.54) is 0 Å². The Morgan fingerprint density at radius 2 is 1.62 bits per heavy atom. The average Bonchev–Trinajstić information content (AvgIpc) is 2.60. The Labute approximate surface area is 163 Å². The number of halogens is 2. The molecule has 0 fully saturated rings. The van der Waals surface area contributed by atoms with Gasteiger partial charge in [0.1, 0.15) is 18.1 Å². The van der Waals surface area contributed by atoms with E-state index < -0.39 is 0 Å². The van der Waals surface area contributed by atoms with Crippen molar-refractivity contribution in [3.05, 3.63) is 52.5 Å². The van der Waals surface area contributed by atoms with Crippen molar-refractivity contribution in [2.45, 2.75) is 6.92 Å². The summed E-state index contributed by atoms with van der Waals surface area (Å²) >= 11 is 12.1. The van der Waals surface area contributed by atoms with Crippen LogP contribution < -0.4 is 14.8 Å². The van der Waals surface area contributed by atoms with Crippen molar-refractivity contribution in [3.63, 3.8) is 0 Å². The summed E-state index contributed by atoms with van der Waals surface area (Å²) in [5.74, 6) is 1.38. The molecule has 0 saturated heterocycles. The van der Waals surface area contributed by atoms with Gasteiger partial charge in [-0.3, -0.25) is 9.69 Å². The molecule has 0 aliphatic heterocycles. The Hall–Kier alpha value is -1.95. The van der Waals surface area contributed by atoms with E-state index in [4.69, 9.17) is 32.7 Å². The largest absolute Gasteiger partial charge is 0.494 e. The molecule has 0 aliphatic carbocycles. The highest BCUT2D eigenvalue weighted by Gasteiger charge is 2.11. The number of likely N-dealkylation sites (N-methyl/N-ethyl adjacent to an activating group) is 1. The maximum atomic E-state index is 12.1. The molecule has 1 amide bonds. The lowest BCUT2D eigenvalue weighted by atomic mass is 10.3. The number of para-hydroxylation sites is 1. The van der Waals surface area contributed by atoms with E-state index in [0.717, 1.165) is 11.5 Å². The van der Waals surface area contributed by atoms with Crippen LogP contribution in [0.1, 0.15) is 6.92 Å². The topological polar surface area (TPSA) is 50.8 Å². The number of anilines is 1. The van der Waals surface area contributed by atoms with Gasteiger partial charge in [0.25, 0.3) is 0 Å². The molecule has 0 unspecified atom stereocenters. The smallest absolute Gasteiger partial charge is 0.238 e. The van der Waals surface area contributed by atoms with Crippen LogP contribution in [0.3, 0.4) is 0 Å². The SMILES string of the molecule is CCOc1ccc(OCCN(C)CC(=O)Nc2c(Cl)cccc2Cl)cc1. The van der Waals surface area contributed by atoms with Crippen molar-refractivity contribution in [1.82, 2.24) is 4.90 Å². The summed E-state index contributed by atoms with van der Waals surface area (Å²) < 4.78 is 11.1. The Morgan fingerprint density at radius 1 is 1.04 bits per heavy atom. The van der Waals surface area contributed by atoms with Gasteiger partial charge >= 0.3 is 0 Å². The molecule has 1 N–H and O–H groups in total. The molecule has 7 heteroatoms. The minimum absolute atomic E-state index is 0.191. The zero-order chi connectivity index (χ0) is 18.9. The molecule has 26 heavy (non-hydrogen) atoms. The van der Waals surface area contributed by atoms with E-state index in [0.29, 0.717) is 35.5 Å². The van der Waals surface area contributed by atoms with Crippen molar-refractivity contribution in [2.24, 2.45) is 0 Å². The normalized spacial score (nSPS) is 10.7. The third-order valence-corrected chi connectivity index (χ3v) is 4.15. The lowest BCUT2D eigenvalue weighted by molar-refractivity contribution is -0.117. The third kappa shape index (κ3) is 6.41. The maximum Gasteiger partial charge on any atom is 0.238 e. The minimum atomic E-state index is -0.191. The first-order valence-corrected chi connectivity index (χ1v) is 9.03. The highest BCUT2D eigenvalue weighted by molar-refractivity contribution is 6.39. The van der Waals surface area contributed by atoms with Crippen LogP contribution in [0, 0.1) is 0 Å². The number of hydrogen-bond donors (Lipinski definition) is 1. The van der Waals surface area contributed by atoms with Crippen LogP contribution in [0.2, 0.25) is 10.0 Å². The standard InChI is InChI=1S/C19H22Cl2N2O3/c1-3-25-14-7-9-15(10-8-14)26-12-11-23(2)13-18(24)22-19-16(20)5-4-6-17(19)21/h4-10H,3,11-13H2,1-2H3,(H,22,24). The molecule has 2 aromatic carbocycles. The molecule has 0 heterocycles. The maximum absolute atomic E-state index is 12.1. The number of benzene rings is 2. The summed E-state index contributed by atoms with van der Waals surface area (Å²) in [5, 5.41) is 3.56.